The third kappa shape index (κ3) is 55.1. The minimum Gasteiger partial charge on any atom is -0.394 e. The molecule has 9 N–H and O–H groups in total. The van der Waals surface area contributed by atoms with Crippen molar-refractivity contribution < 1.29 is 64.6 Å². The van der Waals surface area contributed by atoms with Crippen molar-refractivity contribution in [3.8, 4) is 0 Å². The first-order chi connectivity index (χ1) is 51.1. The number of aliphatic hydroxyl groups is 8. The highest BCUT2D eigenvalue weighted by molar-refractivity contribution is 5.76. The summed E-state index contributed by atoms with van der Waals surface area (Å²) in [5, 5.41) is 87.8. The largest absolute Gasteiger partial charge is 0.394 e. The van der Waals surface area contributed by atoms with Crippen LogP contribution in [-0.2, 0) is 23.7 Å². The van der Waals surface area contributed by atoms with Crippen molar-refractivity contribution in [2.75, 3.05) is 19.8 Å². The van der Waals surface area contributed by atoms with Crippen LogP contribution in [0.1, 0.15) is 412 Å². The number of hydrogen-bond donors (Lipinski definition) is 9. The minimum atomic E-state index is -1.79. The minimum absolute atomic E-state index is 0.245. The monoisotopic (exact) mass is 1470 g/mol. The second-order valence-electron chi connectivity index (χ2n) is 31.4. The summed E-state index contributed by atoms with van der Waals surface area (Å²) >= 11 is 0. The third-order valence-corrected chi connectivity index (χ3v) is 21.7. The highest BCUT2D eigenvalue weighted by Crippen LogP contribution is 2.31. The maximum atomic E-state index is 13.4. The fourth-order valence-corrected chi connectivity index (χ4v) is 14.7. The van der Waals surface area contributed by atoms with Gasteiger partial charge in [-0.05, 0) is 77.0 Å². The summed E-state index contributed by atoms with van der Waals surface area (Å²) in [7, 11) is 0. The Labute approximate surface area is 638 Å². The zero-order valence-electron chi connectivity index (χ0n) is 67.3. The Morgan fingerprint density at radius 1 is 0.346 bits per heavy atom. The summed E-state index contributed by atoms with van der Waals surface area (Å²) in [6.45, 7) is 2.83. The molecule has 104 heavy (non-hydrogen) atoms. The number of carbonyl (C=O) groups is 1. The SMILES string of the molecule is CCCCCCC/C=C\C/C=C\CCCCCCCCCCCCCCCCCCCCCCCCCCCCCCCC(=O)NC(COC1OC(CO)C(OC2OC(CO)C(O)C(O)C2O)C(O)C1O)C(O)/C=C/CC/C=C/CC/C=C/CCCCCCCCCCCCCCCCCCCCC. The molecule has 0 bridgehead atoms. The molecule has 2 rings (SSSR count). The Bertz CT molecular complexity index is 1980. The first kappa shape index (κ1) is 97.8. The van der Waals surface area contributed by atoms with Crippen LogP contribution < -0.4 is 5.32 Å². The van der Waals surface area contributed by atoms with E-state index >= 15 is 0 Å². The average Bonchev–Trinajstić information content (AvgIpc) is 0.789. The Hall–Kier alpha value is -2.31. The highest BCUT2D eigenvalue weighted by atomic mass is 16.7. The molecule has 14 heteroatoms. The van der Waals surface area contributed by atoms with Gasteiger partial charge in [-0.1, -0.05) is 389 Å². The predicted octanol–water partition coefficient (Wildman–Crippen LogP) is 21.5. The van der Waals surface area contributed by atoms with Crippen LogP contribution in [0.15, 0.2) is 60.8 Å². The molecule has 2 heterocycles. The number of aliphatic hydroxyl groups excluding tert-OH is 8. The average molecular weight is 1470 g/mol. The zero-order chi connectivity index (χ0) is 75.1. The summed E-state index contributed by atoms with van der Waals surface area (Å²) < 4.78 is 22.9. The van der Waals surface area contributed by atoms with Gasteiger partial charge in [0.05, 0.1) is 32.0 Å². The van der Waals surface area contributed by atoms with Crippen molar-refractivity contribution in [2.24, 2.45) is 0 Å². The second-order valence-corrected chi connectivity index (χ2v) is 31.4. The molecule has 1 amide bonds. The molecule has 0 radical (unpaired) electrons. The first-order valence-corrected chi connectivity index (χ1v) is 44.5. The number of nitrogens with one attached hydrogen (secondary N) is 1. The molecule has 0 saturated carbocycles. The van der Waals surface area contributed by atoms with Crippen LogP contribution >= 0.6 is 0 Å². The van der Waals surface area contributed by atoms with E-state index in [1.54, 1.807) is 6.08 Å². The van der Waals surface area contributed by atoms with Gasteiger partial charge in [0.2, 0.25) is 5.91 Å². The molecule has 2 fully saturated rings. The van der Waals surface area contributed by atoms with Crippen LogP contribution in [0, 0.1) is 0 Å². The van der Waals surface area contributed by atoms with E-state index in [1.165, 1.54) is 327 Å². The lowest BCUT2D eigenvalue weighted by atomic mass is 9.97. The van der Waals surface area contributed by atoms with Crippen molar-refractivity contribution in [2.45, 2.75) is 485 Å². The van der Waals surface area contributed by atoms with Gasteiger partial charge in [0, 0.05) is 6.42 Å². The summed E-state index contributed by atoms with van der Waals surface area (Å²) in [6.07, 6.45) is 84.9. The molecule has 12 atom stereocenters. The second kappa shape index (κ2) is 73.5. The Kier molecular flexibility index (Phi) is 69.1. The van der Waals surface area contributed by atoms with Crippen LogP contribution in [0.25, 0.3) is 0 Å². The van der Waals surface area contributed by atoms with Gasteiger partial charge in [0.15, 0.2) is 12.6 Å². The summed E-state index contributed by atoms with van der Waals surface area (Å²) in [4.78, 5) is 13.4. The topological polar surface area (TPSA) is 228 Å². The maximum absolute atomic E-state index is 13.4. The van der Waals surface area contributed by atoms with Crippen LogP contribution in [0.5, 0.6) is 0 Å². The molecule has 610 valence electrons. The van der Waals surface area contributed by atoms with Crippen molar-refractivity contribution in [1.29, 1.82) is 0 Å². The highest BCUT2D eigenvalue weighted by Gasteiger charge is 2.51. The molecule has 0 aliphatic carbocycles. The van der Waals surface area contributed by atoms with Gasteiger partial charge < -0.3 is 65.1 Å². The van der Waals surface area contributed by atoms with Gasteiger partial charge >= 0.3 is 0 Å². The Morgan fingerprint density at radius 3 is 1.00 bits per heavy atom. The molecule has 0 aromatic rings. The summed E-state index contributed by atoms with van der Waals surface area (Å²) in [5.41, 5.74) is 0. The van der Waals surface area contributed by atoms with E-state index in [0.29, 0.717) is 12.8 Å². The van der Waals surface area contributed by atoms with E-state index in [1.807, 2.05) is 6.08 Å². The lowest BCUT2D eigenvalue weighted by Gasteiger charge is -2.46. The molecule has 0 aromatic carbocycles. The van der Waals surface area contributed by atoms with E-state index in [2.05, 4.69) is 67.8 Å². The van der Waals surface area contributed by atoms with Crippen molar-refractivity contribution in [3.63, 3.8) is 0 Å². The van der Waals surface area contributed by atoms with E-state index in [-0.39, 0.29) is 18.9 Å². The molecule has 2 aliphatic heterocycles. The van der Waals surface area contributed by atoms with E-state index in [9.17, 15) is 45.6 Å². The van der Waals surface area contributed by atoms with E-state index in [4.69, 9.17) is 18.9 Å². The van der Waals surface area contributed by atoms with Gasteiger partial charge in [-0.25, -0.2) is 0 Å². The smallest absolute Gasteiger partial charge is 0.220 e. The third-order valence-electron chi connectivity index (χ3n) is 21.7. The predicted molar refractivity (Wildman–Crippen MR) is 434 cm³/mol. The number of ether oxygens (including phenoxy) is 4. The number of allylic oxidation sites excluding steroid dienone is 9. The van der Waals surface area contributed by atoms with Gasteiger partial charge in [-0.2, -0.15) is 0 Å². The number of hydrogen-bond acceptors (Lipinski definition) is 13. The van der Waals surface area contributed by atoms with Crippen LogP contribution in [0.3, 0.4) is 0 Å². The van der Waals surface area contributed by atoms with Crippen LogP contribution in [0.4, 0.5) is 0 Å². The van der Waals surface area contributed by atoms with Gasteiger partial charge in [-0.15, -0.1) is 0 Å². The Morgan fingerprint density at radius 2 is 0.644 bits per heavy atom. The molecule has 2 aliphatic rings. The van der Waals surface area contributed by atoms with Crippen LogP contribution in [0.2, 0.25) is 0 Å². The van der Waals surface area contributed by atoms with Crippen LogP contribution in [-0.4, -0.2) is 140 Å². The summed E-state index contributed by atoms with van der Waals surface area (Å²) in [6, 6.07) is -0.940. The number of unbranched alkanes of at least 4 members (excludes halogenated alkanes) is 55. The fraction of sp³-hybridized carbons (Fsp3) is 0.878. The van der Waals surface area contributed by atoms with E-state index < -0.39 is 86.8 Å². The van der Waals surface area contributed by atoms with E-state index in [0.717, 1.165) is 51.4 Å². The van der Waals surface area contributed by atoms with Gasteiger partial charge in [0.1, 0.15) is 48.8 Å². The number of carbonyl (C=O) groups excluding carboxylic acids is 1. The van der Waals surface area contributed by atoms with Crippen molar-refractivity contribution in [1.82, 2.24) is 5.32 Å². The zero-order valence-corrected chi connectivity index (χ0v) is 67.3. The first-order valence-electron chi connectivity index (χ1n) is 44.5. The molecule has 2 saturated heterocycles. The number of amides is 1. The molecule has 0 aromatic heterocycles. The van der Waals surface area contributed by atoms with Gasteiger partial charge in [0.25, 0.3) is 0 Å². The lowest BCUT2D eigenvalue weighted by molar-refractivity contribution is -0.359. The molecular weight excluding hydrogens is 1300 g/mol. The normalized spacial score (nSPS) is 21.7. The molecule has 14 nitrogen and oxygen atoms in total. The molecule has 12 unspecified atom stereocenters. The fourth-order valence-electron chi connectivity index (χ4n) is 14.7. The maximum Gasteiger partial charge on any atom is 0.220 e. The summed E-state index contributed by atoms with van der Waals surface area (Å²) in [5.74, 6) is -0.245. The van der Waals surface area contributed by atoms with Crippen molar-refractivity contribution in [3.05, 3.63) is 60.8 Å². The Balaban J connectivity index is 1.57. The molecule has 0 spiro atoms. The molecular formula is C90H167NO13. The standard InChI is InChI=1S/C90H167NO13/c1-3-5-7-9-11-13-15-17-19-21-23-25-27-29-31-33-34-35-36-37-38-39-40-41-42-43-44-46-48-50-52-54-56-58-60-62-64-66-68-70-72-74-82(95)91-78(77-101-89-87(100)85(98)88(81(76-93)103-89)104-90-86(99)84(97)83(96)80(75-92)102-90)79(94)73-71-69-67-65-63-61-59-57-55-53-51-49-47-45-32-30-28-26-24-22-20-18-16-14-12-10-8-6-4-2/h15,17,21,23,55,57,63,65,71,73,78-81,83-90,92-94,96-100H,3-14,16,18-20,22,24-54,56,58-62,64,66-70,72,74-77H2,1-2H3,(H,91,95)/b17-15-,23-21-,57-55+,65-63+,73-71+. The number of rotatable bonds is 76. The van der Waals surface area contributed by atoms with Crippen molar-refractivity contribution >= 4 is 5.91 Å². The quantitative estimate of drug-likeness (QED) is 0.0204. The van der Waals surface area contributed by atoms with Gasteiger partial charge in [-0.3, -0.25) is 4.79 Å². The lowest BCUT2D eigenvalue weighted by Crippen LogP contribution is -2.65.